The average molecular weight is 480 g/mol. The number of carbonyl (C=O) groups is 2. The number of nitrogens with zero attached hydrogens (tertiary/aromatic N) is 1. The molecule has 3 aromatic carbocycles. The molecule has 0 spiro atoms. The summed E-state index contributed by atoms with van der Waals surface area (Å²) in [5.74, 6) is 1.04. The van der Waals surface area contributed by atoms with Gasteiger partial charge in [0.1, 0.15) is 24.7 Å². The van der Waals surface area contributed by atoms with Gasteiger partial charge in [0.25, 0.3) is 11.1 Å². The van der Waals surface area contributed by atoms with Crippen LogP contribution >= 0.6 is 23.4 Å². The number of halogens is 1. The highest BCUT2D eigenvalue weighted by atomic mass is 35.5. The van der Waals surface area contributed by atoms with Crippen LogP contribution in [0.5, 0.6) is 11.5 Å². The predicted octanol–water partition coefficient (Wildman–Crippen LogP) is 6.34. The number of hydrogen-bond donors (Lipinski definition) is 0. The van der Waals surface area contributed by atoms with Gasteiger partial charge in [-0.25, -0.2) is 0 Å². The molecule has 4 rings (SSSR count). The van der Waals surface area contributed by atoms with Crippen LogP contribution in [0.15, 0.2) is 77.7 Å². The lowest BCUT2D eigenvalue weighted by Crippen LogP contribution is -2.32. The van der Waals surface area contributed by atoms with Gasteiger partial charge in [0, 0.05) is 10.6 Å². The van der Waals surface area contributed by atoms with E-state index in [1.54, 1.807) is 6.08 Å². The van der Waals surface area contributed by atoms with E-state index in [4.69, 9.17) is 21.1 Å². The summed E-state index contributed by atoms with van der Waals surface area (Å²) in [4.78, 5) is 26.7. The molecule has 0 saturated carbocycles. The third-order valence-corrected chi connectivity index (χ3v) is 6.23. The van der Waals surface area contributed by atoms with Crippen molar-refractivity contribution >= 4 is 40.6 Å². The van der Waals surface area contributed by atoms with Crippen molar-refractivity contribution in [2.45, 2.75) is 13.5 Å². The summed E-state index contributed by atoms with van der Waals surface area (Å²) in [6, 6.07) is 22.5. The van der Waals surface area contributed by atoms with Gasteiger partial charge in [-0.2, -0.15) is 0 Å². The number of thioether (sulfide) groups is 1. The second-order valence-corrected chi connectivity index (χ2v) is 8.85. The lowest BCUT2D eigenvalue weighted by molar-refractivity contribution is -0.123. The van der Waals surface area contributed by atoms with Crippen LogP contribution in [0.1, 0.15) is 16.7 Å². The van der Waals surface area contributed by atoms with Gasteiger partial charge < -0.3 is 9.47 Å². The van der Waals surface area contributed by atoms with Crippen LogP contribution in [-0.2, 0) is 11.4 Å². The molecule has 168 valence electrons. The SMILES string of the molecule is Cc1cccc(OCCN2C(=O)S/C(=C\c3cccc(OCc4ccccc4Cl)c3)C2=O)c1. The summed E-state index contributed by atoms with van der Waals surface area (Å²) in [5.41, 5.74) is 2.74. The number of imide groups is 1. The van der Waals surface area contributed by atoms with Gasteiger partial charge in [-0.3, -0.25) is 14.5 Å². The number of ether oxygens (including phenoxy) is 2. The third-order valence-electron chi connectivity index (χ3n) is 4.95. The van der Waals surface area contributed by atoms with Gasteiger partial charge in [-0.15, -0.1) is 0 Å². The van der Waals surface area contributed by atoms with Crippen molar-refractivity contribution in [3.8, 4) is 11.5 Å². The number of carbonyl (C=O) groups excluding carboxylic acids is 2. The number of benzene rings is 3. The highest BCUT2D eigenvalue weighted by molar-refractivity contribution is 8.18. The Bertz CT molecular complexity index is 1210. The number of amides is 2. The summed E-state index contributed by atoms with van der Waals surface area (Å²) in [6.45, 7) is 2.74. The number of hydrogen-bond acceptors (Lipinski definition) is 5. The maximum Gasteiger partial charge on any atom is 0.293 e. The molecule has 33 heavy (non-hydrogen) atoms. The zero-order valence-corrected chi connectivity index (χ0v) is 19.6. The summed E-state index contributed by atoms with van der Waals surface area (Å²) in [6.07, 6.45) is 1.70. The van der Waals surface area contributed by atoms with Crippen LogP contribution in [-0.4, -0.2) is 29.2 Å². The van der Waals surface area contributed by atoms with E-state index in [1.165, 1.54) is 4.90 Å². The van der Waals surface area contributed by atoms with E-state index in [0.29, 0.717) is 28.0 Å². The lowest BCUT2D eigenvalue weighted by atomic mass is 10.2. The van der Waals surface area contributed by atoms with Crippen LogP contribution in [0, 0.1) is 6.92 Å². The van der Waals surface area contributed by atoms with E-state index in [-0.39, 0.29) is 24.3 Å². The average Bonchev–Trinajstić information content (AvgIpc) is 3.06. The Kier molecular flexibility index (Phi) is 7.37. The summed E-state index contributed by atoms with van der Waals surface area (Å²) in [7, 11) is 0. The van der Waals surface area contributed by atoms with Gasteiger partial charge in [0.2, 0.25) is 0 Å². The van der Waals surface area contributed by atoms with Crippen molar-refractivity contribution in [3.63, 3.8) is 0 Å². The van der Waals surface area contributed by atoms with E-state index in [1.807, 2.05) is 79.7 Å². The topological polar surface area (TPSA) is 55.8 Å². The Hall–Kier alpha value is -3.22. The van der Waals surface area contributed by atoms with E-state index < -0.39 is 0 Å². The van der Waals surface area contributed by atoms with Crippen molar-refractivity contribution in [2.75, 3.05) is 13.2 Å². The molecule has 7 heteroatoms. The van der Waals surface area contributed by atoms with Crippen LogP contribution in [0.3, 0.4) is 0 Å². The van der Waals surface area contributed by atoms with Crippen LogP contribution in [0.25, 0.3) is 6.08 Å². The second-order valence-electron chi connectivity index (χ2n) is 7.45. The zero-order chi connectivity index (χ0) is 23.2. The molecule has 2 amide bonds. The Morgan fingerprint density at radius 2 is 1.70 bits per heavy atom. The van der Waals surface area contributed by atoms with Crippen LogP contribution in [0.2, 0.25) is 5.02 Å². The highest BCUT2D eigenvalue weighted by Crippen LogP contribution is 2.32. The molecule has 3 aromatic rings. The Morgan fingerprint density at radius 1 is 0.939 bits per heavy atom. The Morgan fingerprint density at radius 3 is 2.48 bits per heavy atom. The first kappa shape index (κ1) is 23.0. The molecule has 5 nitrogen and oxygen atoms in total. The Balaban J connectivity index is 1.37. The maximum atomic E-state index is 12.8. The molecule has 0 atom stereocenters. The van der Waals surface area contributed by atoms with E-state index in [9.17, 15) is 9.59 Å². The number of aryl methyl sites for hydroxylation is 1. The minimum atomic E-state index is -0.319. The van der Waals surface area contributed by atoms with E-state index in [0.717, 1.165) is 28.5 Å². The molecule has 1 heterocycles. The number of rotatable bonds is 8. The molecule has 0 aromatic heterocycles. The molecular weight excluding hydrogens is 458 g/mol. The molecule has 1 aliphatic heterocycles. The molecule has 1 saturated heterocycles. The van der Waals surface area contributed by atoms with Crippen molar-refractivity contribution in [1.29, 1.82) is 0 Å². The zero-order valence-electron chi connectivity index (χ0n) is 18.0. The first-order valence-electron chi connectivity index (χ1n) is 10.4. The maximum absolute atomic E-state index is 12.8. The quantitative estimate of drug-likeness (QED) is 0.353. The smallest absolute Gasteiger partial charge is 0.293 e. The molecule has 0 radical (unpaired) electrons. The van der Waals surface area contributed by atoms with E-state index >= 15 is 0 Å². The third kappa shape index (κ3) is 5.97. The normalized spacial score (nSPS) is 14.7. The fourth-order valence-corrected chi connectivity index (χ4v) is 4.33. The van der Waals surface area contributed by atoms with Crippen molar-refractivity contribution in [2.24, 2.45) is 0 Å². The summed E-state index contributed by atoms with van der Waals surface area (Å²) >= 11 is 7.11. The minimum absolute atomic E-state index is 0.191. The van der Waals surface area contributed by atoms with Gasteiger partial charge in [-0.1, -0.05) is 54.1 Å². The first-order chi connectivity index (χ1) is 16.0. The molecule has 0 N–H and O–H groups in total. The van der Waals surface area contributed by atoms with Gasteiger partial charge in [-0.05, 0) is 66.2 Å². The standard InChI is InChI=1S/C26H22ClNO4S/c1-18-6-4-9-21(14-18)31-13-12-28-25(29)24(33-26(28)30)16-19-7-5-10-22(15-19)32-17-20-8-2-3-11-23(20)27/h2-11,14-16H,12-13,17H2,1H3/b24-16-. The minimum Gasteiger partial charge on any atom is -0.492 e. The largest absolute Gasteiger partial charge is 0.492 e. The van der Waals surface area contributed by atoms with Gasteiger partial charge in [0.05, 0.1) is 11.4 Å². The second kappa shape index (κ2) is 10.6. The molecule has 1 fully saturated rings. The summed E-state index contributed by atoms with van der Waals surface area (Å²) < 4.78 is 11.5. The van der Waals surface area contributed by atoms with Crippen LogP contribution in [0.4, 0.5) is 4.79 Å². The molecule has 0 aliphatic carbocycles. The van der Waals surface area contributed by atoms with Crippen molar-refractivity contribution in [3.05, 3.63) is 99.4 Å². The Labute approximate surface area is 202 Å². The molecule has 0 unspecified atom stereocenters. The van der Waals surface area contributed by atoms with Crippen molar-refractivity contribution < 1.29 is 19.1 Å². The fraction of sp³-hybridized carbons (Fsp3) is 0.154. The van der Waals surface area contributed by atoms with Gasteiger partial charge in [0.15, 0.2) is 0 Å². The predicted molar refractivity (Wildman–Crippen MR) is 132 cm³/mol. The lowest BCUT2D eigenvalue weighted by Gasteiger charge is -2.13. The molecule has 0 bridgehead atoms. The van der Waals surface area contributed by atoms with Crippen LogP contribution < -0.4 is 9.47 Å². The fourth-order valence-electron chi connectivity index (χ4n) is 3.27. The molecular formula is C26H22ClNO4S. The molecule has 1 aliphatic rings. The highest BCUT2D eigenvalue weighted by Gasteiger charge is 2.34. The summed E-state index contributed by atoms with van der Waals surface area (Å²) in [5, 5.41) is 0.346. The van der Waals surface area contributed by atoms with E-state index in [2.05, 4.69) is 0 Å². The monoisotopic (exact) mass is 479 g/mol. The van der Waals surface area contributed by atoms with Gasteiger partial charge >= 0.3 is 0 Å². The van der Waals surface area contributed by atoms with Crippen molar-refractivity contribution in [1.82, 2.24) is 4.90 Å². The first-order valence-corrected chi connectivity index (χ1v) is 11.6.